The van der Waals surface area contributed by atoms with Crippen LogP contribution in [0.4, 0.5) is 11.4 Å². The Morgan fingerprint density at radius 3 is 2.58 bits per heavy atom. The maximum Gasteiger partial charge on any atom is 0.243 e. The highest BCUT2D eigenvalue weighted by atomic mass is 35.5. The van der Waals surface area contributed by atoms with Crippen molar-refractivity contribution in [2.75, 3.05) is 30.9 Å². The topological polar surface area (TPSA) is 96.0 Å². The van der Waals surface area contributed by atoms with Gasteiger partial charge in [0.05, 0.1) is 23.6 Å². The minimum Gasteiger partial charge on any atom is -0.495 e. The number of benzene rings is 2. The number of likely N-dealkylation sites (N-methyl/N-ethyl adjacent to an activating group) is 1. The van der Waals surface area contributed by atoms with Gasteiger partial charge in [0.25, 0.3) is 0 Å². The van der Waals surface area contributed by atoms with Crippen LogP contribution in [0.3, 0.4) is 0 Å². The molecule has 0 fully saturated rings. The van der Waals surface area contributed by atoms with E-state index in [1.165, 1.54) is 33.2 Å². The Bertz CT molecular complexity index is 1140. The summed E-state index contributed by atoms with van der Waals surface area (Å²) >= 11 is 6.05. The highest BCUT2D eigenvalue weighted by Crippen LogP contribution is 2.34. The summed E-state index contributed by atoms with van der Waals surface area (Å²) in [7, 11) is -1.08. The van der Waals surface area contributed by atoms with E-state index in [2.05, 4.69) is 5.32 Å². The van der Waals surface area contributed by atoms with E-state index in [9.17, 15) is 18.0 Å². The first-order chi connectivity index (χ1) is 14.5. The zero-order valence-corrected chi connectivity index (χ0v) is 19.2. The fourth-order valence-corrected chi connectivity index (χ4v) is 5.10. The third-order valence-electron chi connectivity index (χ3n) is 5.12. The molecule has 1 N–H and O–H groups in total. The van der Waals surface area contributed by atoms with E-state index < -0.39 is 15.9 Å². The Morgan fingerprint density at radius 2 is 1.97 bits per heavy atom. The van der Waals surface area contributed by atoms with Gasteiger partial charge in [-0.25, -0.2) is 8.42 Å². The predicted molar refractivity (Wildman–Crippen MR) is 119 cm³/mol. The van der Waals surface area contributed by atoms with Gasteiger partial charge in [0.15, 0.2) is 0 Å². The lowest BCUT2D eigenvalue weighted by Gasteiger charge is -2.21. The lowest BCUT2D eigenvalue weighted by atomic mass is 10.1. The minimum atomic E-state index is -3.90. The fraction of sp³-hybridized carbons (Fsp3) is 0.333. The Balaban J connectivity index is 1.74. The largest absolute Gasteiger partial charge is 0.495 e. The Hall–Kier alpha value is -2.62. The summed E-state index contributed by atoms with van der Waals surface area (Å²) < 4.78 is 32.0. The first kappa shape index (κ1) is 23.1. The molecular weight excluding hydrogens is 442 g/mol. The molecule has 166 valence electrons. The third-order valence-corrected chi connectivity index (χ3v) is 7.21. The van der Waals surface area contributed by atoms with Gasteiger partial charge in [-0.3, -0.25) is 9.59 Å². The van der Waals surface area contributed by atoms with Crippen LogP contribution in [0.5, 0.6) is 5.75 Å². The number of rotatable bonds is 6. The van der Waals surface area contributed by atoms with Crippen molar-refractivity contribution in [2.45, 2.75) is 31.2 Å². The number of fused-ring (bicyclic) bond motifs is 1. The van der Waals surface area contributed by atoms with Crippen molar-refractivity contribution in [2.24, 2.45) is 0 Å². The van der Waals surface area contributed by atoms with Gasteiger partial charge in [-0.15, -0.1) is 0 Å². The monoisotopic (exact) mass is 465 g/mol. The van der Waals surface area contributed by atoms with Crippen molar-refractivity contribution in [1.82, 2.24) is 4.31 Å². The molecule has 0 radical (unpaired) electrons. The van der Waals surface area contributed by atoms with Gasteiger partial charge in [-0.1, -0.05) is 11.6 Å². The molecule has 2 aromatic rings. The molecule has 31 heavy (non-hydrogen) atoms. The summed E-state index contributed by atoms with van der Waals surface area (Å²) in [5.41, 5.74) is 1.93. The number of carbonyl (C=O) groups excluding carboxylic acids is 2. The number of nitrogens with zero attached hydrogens (tertiary/aromatic N) is 2. The number of hydrogen-bond donors (Lipinski definition) is 1. The van der Waals surface area contributed by atoms with Gasteiger partial charge in [0.1, 0.15) is 5.75 Å². The number of methoxy groups -OCH3 is 1. The van der Waals surface area contributed by atoms with Crippen LogP contribution in [0.15, 0.2) is 41.3 Å². The summed E-state index contributed by atoms with van der Waals surface area (Å²) in [4.78, 5) is 26.0. The summed E-state index contributed by atoms with van der Waals surface area (Å²) in [6, 6.07) is 9.37. The second-order valence-corrected chi connectivity index (χ2v) is 9.84. The summed E-state index contributed by atoms with van der Waals surface area (Å²) in [6.07, 6.45) is 0.570. The fourth-order valence-electron chi connectivity index (χ4n) is 3.66. The van der Waals surface area contributed by atoms with Crippen LogP contribution in [-0.4, -0.2) is 51.3 Å². The molecule has 1 heterocycles. The van der Waals surface area contributed by atoms with Gasteiger partial charge in [-0.05, 0) is 55.3 Å². The number of amides is 2. The second kappa shape index (κ2) is 8.86. The molecule has 1 unspecified atom stereocenters. The van der Waals surface area contributed by atoms with Crippen LogP contribution in [0, 0.1) is 0 Å². The van der Waals surface area contributed by atoms with Crippen LogP contribution < -0.4 is 15.0 Å². The van der Waals surface area contributed by atoms with E-state index in [0.717, 1.165) is 15.6 Å². The van der Waals surface area contributed by atoms with E-state index in [1.807, 2.05) is 6.92 Å². The maximum absolute atomic E-state index is 13.0. The molecule has 8 nitrogen and oxygen atoms in total. The van der Waals surface area contributed by atoms with Crippen molar-refractivity contribution in [3.8, 4) is 5.75 Å². The van der Waals surface area contributed by atoms with E-state index in [4.69, 9.17) is 16.3 Å². The van der Waals surface area contributed by atoms with Crippen LogP contribution in [0.2, 0.25) is 5.02 Å². The summed E-state index contributed by atoms with van der Waals surface area (Å²) in [6.45, 7) is 3.02. The van der Waals surface area contributed by atoms with Gasteiger partial charge < -0.3 is 15.0 Å². The molecular formula is C21H24ClN3O5S. The van der Waals surface area contributed by atoms with Crippen LogP contribution in [0.25, 0.3) is 0 Å². The van der Waals surface area contributed by atoms with Crippen molar-refractivity contribution in [1.29, 1.82) is 0 Å². The lowest BCUT2D eigenvalue weighted by Crippen LogP contribution is -2.35. The highest BCUT2D eigenvalue weighted by Gasteiger charge is 2.31. The number of halogens is 1. The zero-order chi connectivity index (χ0) is 22.9. The predicted octanol–water partition coefficient (Wildman–Crippen LogP) is 2.91. The van der Waals surface area contributed by atoms with Crippen LogP contribution >= 0.6 is 11.6 Å². The van der Waals surface area contributed by atoms with E-state index in [0.29, 0.717) is 22.9 Å². The normalized spacial score (nSPS) is 15.7. The van der Waals surface area contributed by atoms with Crippen molar-refractivity contribution in [3.63, 3.8) is 0 Å². The van der Waals surface area contributed by atoms with Crippen molar-refractivity contribution in [3.05, 3.63) is 47.0 Å². The van der Waals surface area contributed by atoms with Gasteiger partial charge in [-0.2, -0.15) is 4.31 Å². The molecule has 0 saturated carbocycles. The first-order valence-electron chi connectivity index (χ1n) is 9.57. The standard InChI is InChI=1S/C21H24ClN3O5S/c1-13-9-15-10-17(6-7-19(15)25(13)14(2)26)31(28,29)24(3)12-21(27)23-16-5-8-20(30-4)18(22)11-16/h5-8,10-11,13H,9,12H2,1-4H3,(H,23,27). The molecule has 0 aliphatic carbocycles. The third kappa shape index (κ3) is 4.68. The molecule has 1 aliphatic heterocycles. The Morgan fingerprint density at radius 1 is 1.26 bits per heavy atom. The number of nitrogens with one attached hydrogen (secondary N) is 1. The average molecular weight is 466 g/mol. The van der Waals surface area contributed by atoms with Crippen LogP contribution in [-0.2, 0) is 26.0 Å². The summed E-state index contributed by atoms with van der Waals surface area (Å²) in [5, 5.41) is 2.95. The van der Waals surface area contributed by atoms with E-state index in [-0.39, 0.29) is 23.4 Å². The quantitative estimate of drug-likeness (QED) is 0.707. The molecule has 0 spiro atoms. The molecule has 0 bridgehead atoms. The van der Waals surface area contributed by atoms with Gasteiger partial charge in [0.2, 0.25) is 21.8 Å². The smallest absolute Gasteiger partial charge is 0.243 e. The zero-order valence-electron chi connectivity index (χ0n) is 17.7. The molecule has 1 atom stereocenters. The molecule has 0 aromatic heterocycles. The summed E-state index contributed by atoms with van der Waals surface area (Å²) in [5.74, 6) is -0.132. The number of hydrogen-bond acceptors (Lipinski definition) is 5. The number of ether oxygens (including phenoxy) is 1. The molecule has 0 saturated heterocycles. The highest BCUT2D eigenvalue weighted by molar-refractivity contribution is 7.89. The number of anilines is 2. The Labute approximate surface area is 186 Å². The van der Waals surface area contributed by atoms with Crippen molar-refractivity contribution < 1.29 is 22.7 Å². The number of carbonyl (C=O) groups is 2. The molecule has 2 aromatic carbocycles. The van der Waals surface area contributed by atoms with E-state index >= 15 is 0 Å². The minimum absolute atomic E-state index is 0.0368. The maximum atomic E-state index is 13.0. The average Bonchev–Trinajstić information content (AvgIpc) is 3.02. The molecule has 2 amide bonds. The van der Waals surface area contributed by atoms with Gasteiger partial charge in [0, 0.05) is 31.4 Å². The SMILES string of the molecule is COc1ccc(NC(=O)CN(C)S(=O)(=O)c2ccc3c(c2)CC(C)N3C(C)=O)cc1Cl. The number of sulfonamides is 1. The lowest BCUT2D eigenvalue weighted by molar-refractivity contribution is -0.117. The van der Waals surface area contributed by atoms with Gasteiger partial charge >= 0.3 is 0 Å². The molecule has 10 heteroatoms. The van der Waals surface area contributed by atoms with Crippen molar-refractivity contribution >= 4 is 44.8 Å². The van der Waals surface area contributed by atoms with Crippen LogP contribution in [0.1, 0.15) is 19.4 Å². The first-order valence-corrected chi connectivity index (χ1v) is 11.4. The van der Waals surface area contributed by atoms with E-state index in [1.54, 1.807) is 29.2 Å². The molecule has 3 rings (SSSR count). The molecule has 1 aliphatic rings. The second-order valence-electron chi connectivity index (χ2n) is 7.39. The Kier molecular flexibility index (Phi) is 6.59.